The van der Waals surface area contributed by atoms with Gasteiger partial charge in [0, 0.05) is 0 Å². The topological polar surface area (TPSA) is 0 Å². The molecule has 0 aromatic rings. The molecule has 1 aliphatic rings. The van der Waals surface area contributed by atoms with Crippen LogP contribution in [0.1, 0.15) is 53.9 Å². The molecule has 0 amide bonds. The maximum atomic E-state index is 2.38. The Hall–Kier alpha value is 0. The first kappa shape index (κ1) is 10.1. The van der Waals surface area contributed by atoms with E-state index >= 15 is 0 Å². The minimum Gasteiger partial charge on any atom is -0.0620 e. The van der Waals surface area contributed by atoms with E-state index in [4.69, 9.17) is 0 Å². The second-order valence-corrected chi connectivity index (χ2v) is 5.58. The van der Waals surface area contributed by atoms with Gasteiger partial charge in [-0.25, -0.2) is 0 Å². The Balaban J connectivity index is 2.51. The molecule has 0 bridgehead atoms. The van der Waals surface area contributed by atoms with Crippen molar-refractivity contribution in [1.29, 1.82) is 0 Å². The van der Waals surface area contributed by atoms with E-state index in [0.717, 1.165) is 11.8 Å². The van der Waals surface area contributed by atoms with Gasteiger partial charge < -0.3 is 0 Å². The van der Waals surface area contributed by atoms with Crippen LogP contribution in [0.3, 0.4) is 0 Å². The molecule has 2 unspecified atom stereocenters. The highest BCUT2D eigenvalue weighted by atomic mass is 14.4. The molecule has 0 spiro atoms. The molecule has 0 heterocycles. The van der Waals surface area contributed by atoms with Crippen molar-refractivity contribution >= 4 is 0 Å². The summed E-state index contributed by atoms with van der Waals surface area (Å²) in [5.41, 5.74) is 0.523. The van der Waals surface area contributed by atoms with Crippen LogP contribution in [-0.2, 0) is 0 Å². The van der Waals surface area contributed by atoms with Gasteiger partial charge in [-0.1, -0.05) is 34.6 Å². The van der Waals surface area contributed by atoms with Crippen molar-refractivity contribution in [2.75, 3.05) is 0 Å². The molecule has 1 aliphatic carbocycles. The summed E-state index contributed by atoms with van der Waals surface area (Å²) in [5, 5.41) is 0. The monoisotopic (exact) mass is 167 g/mol. The predicted molar refractivity (Wildman–Crippen MR) is 54.9 cm³/mol. The van der Waals surface area contributed by atoms with Crippen molar-refractivity contribution in [1.82, 2.24) is 0 Å². The highest BCUT2D eigenvalue weighted by Crippen LogP contribution is 2.42. The summed E-state index contributed by atoms with van der Waals surface area (Å²) >= 11 is 0. The van der Waals surface area contributed by atoms with Crippen molar-refractivity contribution < 1.29 is 0 Å². The predicted octanol–water partition coefficient (Wildman–Crippen LogP) is 4.06. The molecule has 1 radical (unpaired) electrons. The molecule has 1 rings (SSSR count). The SMILES string of the molecule is C[C]1CCC(C(C)(C)C)CC1C. The Morgan fingerprint density at radius 2 is 1.83 bits per heavy atom. The van der Waals surface area contributed by atoms with Crippen molar-refractivity contribution in [2.45, 2.75) is 53.9 Å². The van der Waals surface area contributed by atoms with E-state index in [-0.39, 0.29) is 0 Å². The molecule has 0 aliphatic heterocycles. The largest absolute Gasteiger partial charge is 0.0620 e. The van der Waals surface area contributed by atoms with Crippen molar-refractivity contribution in [3.63, 3.8) is 0 Å². The molecule has 0 nitrogen and oxygen atoms in total. The average Bonchev–Trinajstić information content (AvgIpc) is 1.92. The van der Waals surface area contributed by atoms with Crippen LogP contribution in [0.25, 0.3) is 0 Å². The molecule has 0 heteroatoms. The maximum Gasteiger partial charge on any atom is -0.0244 e. The Kier molecular flexibility index (Phi) is 2.85. The van der Waals surface area contributed by atoms with E-state index in [1.54, 1.807) is 5.92 Å². The van der Waals surface area contributed by atoms with Gasteiger partial charge in [0.1, 0.15) is 0 Å². The lowest BCUT2D eigenvalue weighted by molar-refractivity contribution is 0.161. The molecule has 0 N–H and O–H groups in total. The normalized spacial score (nSPS) is 33.8. The summed E-state index contributed by atoms with van der Waals surface area (Å²) in [5.74, 6) is 3.52. The van der Waals surface area contributed by atoms with Gasteiger partial charge in [-0.2, -0.15) is 0 Å². The van der Waals surface area contributed by atoms with Crippen molar-refractivity contribution in [3.8, 4) is 0 Å². The van der Waals surface area contributed by atoms with Crippen LogP contribution in [0.2, 0.25) is 0 Å². The third-order valence-corrected chi connectivity index (χ3v) is 3.59. The second kappa shape index (κ2) is 3.40. The fourth-order valence-corrected chi connectivity index (χ4v) is 2.18. The van der Waals surface area contributed by atoms with E-state index < -0.39 is 0 Å². The summed E-state index contributed by atoms with van der Waals surface area (Å²) < 4.78 is 0. The molecular weight excluding hydrogens is 144 g/mol. The van der Waals surface area contributed by atoms with E-state index in [1.807, 2.05) is 0 Å². The van der Waals surface area contributed by atoms with E-state index in [2.05, 4.69) is 34.6 Å². The van der Waals surface area contributed by atoms with Gasteiger partial charge in [0.05, 0.1) is 0 Å². The van der Waals surface area contributed by atoms with E-state index in [0.29, 0.717) is 5.41 Å². The quantitative estimate of drug-likeness (QED) is 0.510. The molecule has 1 fully saturated rings. The smallest absolute Gasteiger partial charge is 0.0244 e. The Morgan fingerprint density at radius 1 is 1.25 bits per heavy atom. The molecular formula is C12H23. The first-order chi connectivity index (χ1) is 5.41. The van der Waals surface area contributed by atoms with Crippen LogP contribution in [0.5, 0.6) is 0 Å². The summed E-state index contributed by atoms with van der Waals surface area (Å²) in [7, 11) is 0. The number of hydrogen-bond acceptors (Lipinski definition) is 0. The summed E-state index contributed by atoms with van der Waals surface area (Å²) in [6, 6.07) is 0. The Morgan fingerprint density at radius 3 is 2.25 bits per heavy atom. The Bertz CT molecular complexity index is 141. The van der Waals surface area contributed by atoms with Crippen LogP contribution in [0.4, 0.5) is 0 Å². The van der Waals surface area contributed by atoms with Gasteiger partial charge in [0.2, 0.25) is 0 Å². The molecule has 1 saturated carbocycles. The van der Waals surface area contributed by atoms with Crippen molar-refractivity contribution in [3.05, 3.63) is 5.92 Å². The van der Waals surface area contributed by atoms with Crippen LogP contribution >= 0.6 is 0 Å². The molecule has 12 heavy (non-hydrogen) atoms. The highest BCUT2D eigenvalue weighted by Gasteiger charge is 2.31. The van der Waals surface area contributed by atoms with Crippen molar-refractivity contribution in [2.24, 2.45) is 17.3 Å². The lowest BCUT2D eigenvalue weighted by Crippen LogP contribution is -2.28. The fraction of sp³-hybridized carbons (Fsp3) is 0.917. The number of hydrogen-bond donors (Lipinski definition) is 0. The second-order valence-electron chi connectivity index (χ2n) is 5.58. The first-order valence-corrected chi connectivity index (χ1v) is 5.23. The zero-order chi connectivity index (χ0) is 9.35. The summed E-state index contributed by atoms with van der Waals surface area (Å²) in [6.45, 7) is 11.8. The zero-order valence-corrected chi connectivity index (χ0v) is 9.28. The summed E-state index contributed by atoms with van der Waals surface area (Å²) in [4.78, 5) is 0. The highest BCUT2D eigenvalue weighted by molar-refractivity contribution is 4.97. The van der Waals surface area contributed by atoms with Gasteiger partial charge in [-0.15, -0.1) is 0 Å². The maximum absolute atomic E-state index is 2.38. The van der Waals surface area contributed by atoms with Crippen LogP contribution < -0.4 is 0 Å². The van der Waals surface area contributed by atoms with E-state index in [9.17, 15) is 0 Å². The summed E-state index contributed by atoms with van der Waals surface area (Å²) in [6.07, 6.45) is 4.19. The van der Waals surface area contributed by atoms with Crippen LogP contribution in [-0.4, -0.2) is 0 Å². The minimum absolute atomic E-state index is 0.523. The first-order valence-electron chi connectivity index (χ1n) is 5.23. The molecule has 0 aromatic carbocycles. The average molecular weight is 167 g/mol. The van der Waals surface area contributed by atoms with E-state index in [1.165, 1.54) is 19.3 Å². The standard InChI is InChI=1S/C12H23/c1-9-6-7-11(8-10(9)2)12(3,4)5/h10-11H,6-8H2,1-5H3. The van der Waals surface area contributed by atoms with Gasteiger partial charge in [0.15, 0.2) is 0 Å². The van der Waals surface area contributed by atoms with Gasteiger partial charge in [-0.3, -0.25) is 0 Å². The third-order valence-electron chi connectivity index (χ3n) is 3.59. The minimum atomic E-state index is 0.523. The zero-order valence-electron chi connectivity index (χ0n) is 9.28. The third kappa shape index (κ3) is 2.24. The lowest BCUT2D eigenvalue weighted by Gasteiger charge is -2.39. The number of rotatable bonds is 0. The molecule has 0 aromatic heterocycles. The van der Waals surface area contributed by atoms with Crippen LogP contribution in [0, 0.1) is 23.2 Å². The van der Waals surface area contributed by atoms with Gasteiger partial charge >= 0.3 is 0 Å². The lowest BCUT2D eigenvalue weighted by atomic mass is 9.66. The molecule has 71 valence electrons. The van der Waals surface area contributed by atoms with Crippen LogP contribution in [0.15, 0.2) is 0 Å². The Labute approximate surface area is 77.7 Å². The van der Waals surface area contributed by atoms with Gasteiger partial charge in [0.25, 0.3) is 0 Å². The fourth-order valence-electron chi connectivity index (χ4n) is 2.18. The molecule has 2 atom stereocenters. The molecule has 0 saturated heterocycles. The van der Waals surface area contributed by atoms with Gasteiger partial charge in [-0.05, 0) is 42.4 Å².